The van der Waals surface area contributed by atoms with Gasteiger partial charge in [0.2, 0.25) is 0 Å². The van der Waals surface area contributed by atoms with Crippen molar-refractivity contribution in [1.82, 2.24) is 9.88 Å². The van der Waals surface area contributed by atoms with E-state index in [-0.39, 0.29) is 11.9 Å². The van der Waals surface area contributed by atoms with Crippen LogP contribution in [0.1, 0.15) is 42.4 Å². The Kier molecular flexibility index (Phi) is 5.95. The van der Waals surface area contributed by atoms with Gasteiger partial charge in [-0.15, -0.1) is 0 Å². The Hall–Kier alpha value is -2.52. The van der Waals surface area contributed by atoms with E-state index < -0.39 is 0 Å². The fourth-order valence-electron chi connectivity index (χ4n) is 3.25. The standard InChI is InChI=1S/C24H27ClN2O/c1-15(2)17(4)26-24(28)21-14-23(19-10-12-20(25)13-11-19)27(18(21)5)22-9-7-6-8-16(22)3/h6-15,17H,1-5H3,(H,26,28). The molecule has 3 nitrogen and oxygen atoms in total. The maximum absolute atomic E-state index is 13.0. The SMILES string of the molecule is Cc1ccccc1-n1c(-c2ccc(Cl)cc2)cc(C(=O)NC(C)C(C)C)c1C. The summed E-state index contributed by atoms with van der Waals surface area (Å²) in [6, 6.07) is 18.0. The Morgan fingerprint density at radius 1 is 1.00 bits per heavy atom. The lowest BCUT2D eigenvalue weighted by atomic mass is 10.1. The van der Waals surface area contributed by atoms with Gasteiger partial charge in [-0.3, -0.25) is 4.79 Å². The largest absolute Gasteiger partial charge is 0.349 e. The Bertz CT molecular complexity index is 986. The smallest absolute Gasteiger partial charge is 0.253 e. The molecule has 1 amide bonds. The van der Waals surface area contributed by atoms with Crippen LogP contribution in [-0.4, -0.2) is 16.5 Å². The number of halogens is 1. The Morgan fingerprint density at radius 3 is 2.25 bits per heavy atom. The van der Waals surface area contributed by atoms with Gasteiger partial charge in [-0.2, -0.15) is 0 Å². The van der Waals surface area contributed by atoms with Gasteiger partial charge in [-0.05, 0) is 62.1 Å². The van der Waals surface area contributed by atoms with Gasteiger partial charge in [0.05, 0.1) is 11.3 Å². The topological polar surface area (TPSA) is 34.0 Å². The highest BCUT2D eigenvalue weighted by Gasteiger charge is 2.22. The molecule has 1 aromatic heterocycles. The van der Waals surface area contributed by atoms with Crippen LogP contribution >= 0.6 is 11.6 Å². The summed E-state index contributed by atoms with van der Waals surface area (Å²) < 4.78 is 2.16. The summed E-state index contributed by atoms with van der Waals surface area (Å²) in [5.74, 6) is 0.333. The van der Waals surface area contributed by atoms with Crippen molar-refractivity contribution < 1.29 is 4.79 Å². The van der Waals surface area contributed by atoms with Gasteiger partial charge in [0, 0.05) is 22.4 Å². The highest BCUT2D eigenvalue weighted by atomic mass is 35.5. The zero-order chi connectivity index (χ0) is 20.4. The molecule has 1 unspecified atom stereocenters. The van der Waals surface area contributed by atoms with Crippen molar-refractivity contribution in [3.05, 3.63) is 76.4 Å². The molecule has 28 heavy (non-hydrogen) atoms. The lowest BCUT2D eigenvalue weighted by Crippen LogP contribution is -2.36. The Morgan fingerprint density at radius 2 is 1.64 bits per heavy atom. The molecule has 1 N–H and O–H groups in total. The van der Waals surface area contributed by atoms with Crippen LogP contribution in [0.2, 0.25) is 5.02 Å². The second-order valence-corrected chi connectivity index (χ2v) is 8.10. The van der Waals surface area contributed by atoms with Crippen LogP contribution in [0.25, 0.3) is 16.9 Å². The molecule has 0 saturated carbocycles. The number of rotatable bonds is 5. The molecule has 0 saturated heterocycles. The predicted molar refractivity (Wildman–Crippen MR) is 117 cm³/mol. The Labute approximate surface area is 172 Å². The summed E-state index contributed by atoms with van der Waals surface area (Å²) in [5.41, 5.74) is 5.84. The molecule has 1 heterocycles. The van der Waals surface area contributed by atoms with Crippen LogP contribution in [-0.2, 0) is 0 Å². The van der Waals surface area contributed by atoms with Crippen LogP contribution in [0.5, 0.6) is 0 Å². The van der Waals surface area contributed by atoms with E-state index in [9.17, 15) is 4.79 Å². The third kappa shape index (κ3) is 4.00. The van der Waals surface area contributed by atoms with E-state index in [1.165, 1.54) is 0 Å². The van der Waals surface area contributed by atoms with Gasteiger partial charge >= 0.3 is 0 Å². The molecule has 3 aromatic rings. The molecular weight excluding hydrogens is 368 g/mol. The van der Waals surface area contributed by atoms with Crippen molar-refractivity contribution in [2.45, 2.75) is 40.7 Å². The number of hydrogen-bond acceptors (Lipinski definition) is 1. The highest BCUT2D eigenvalue weighted by molar-refractivity contribution is 6.30. The predicted octanol–water partition coefficient (Wildman–Crippen LogP) is 6.19. The van der Waals surface area contributed by atoms with Crippen molar-refractivity contribution in [3.63, 3.8) is 0 Å². The van der Waals surface area contributed by atoms with Gasteiger partial charge in [-0.25, -0.2) is 0 Å². The number of nitrogens with zero attached hydrogens (tertiary/aromatic N) is 1. The van der Waals surface area contributed by atoms with E-state index in [2.05, 4.69) is 42.8 Å². The number of hydrogen-bond donors (Lipinski definition) is 1. The number of para-hydroxylation sites is 1. The second-order valence-electron chi connectivity index (χ2n) is 7.66. The van der Waals surface area contributed by atoms with Crippen LogP contribution in [0.3, 0.4) is 0 Å². The first-order chi connectivity index (χ1) is 13.3. The maximum atomic E-state index is 13.0. The summed E-state index contributed by atoms with van der Waals surface area (Å²) in [5, 5.41) is 3.82. The van der Waals surface area contributed by atoms with E-state index in [1.807, 2.05) is 56.3 Å². The summed E-state index contributed by atoms with van der Waals surface area (Å²) in [6.07, 6.45) is 0. The summed E-state index contributed by atoms with van der Waals surface area (Å²) in [4.78, 5) is 13.0. The number of aryl methyl sites for hydroxylation is 1. The van der Waals surface area contributed by atoms with E-state index in [0.717, 1.165) is 28.2 Å². The molecule has 3 rings (SSSR count). The molecule has 4 heteroatoms. The number of aromatic nitrogens is 1. The summed E-state index contributed by atoms with van der Waals surface area (Å²) >= 11 is 6.08. The first kappa shape index (κ1) is 20.2. The quantitative estimate of drug-likeness (QED) is 0.550. The molecular formula is C24H27ClN2O. The summed E-state index contributed by atoms with van der Waals surface area (Å²) in [7, 11) is 0. The van der Waals surface area contributed by atoms with Crippen molar-refractivity contribution in [1.29, 1.82) is 0 Å². The highest BCUT2D eigenvalue weighted by Crippen LogP contribution is 2.31. The monoisotopic (exact) mass is 394 g/mol. The van der Waals surface area contributed by atoms with Crippen molar-refractivity contribution in [2.75, 3.05) is 0 Å². The number of amides is 1. The molecule has 0 bridgehead atoms. The van der Waals surface area contributed by atoms with Gasteiger partial charge < -0.3 is 9.88 Å². The zero-order valence-electron chi connectivity index (χ0n) is 17.1. The lowest BCUT2D eigenvalue weighted by molar-refractivity contribution is 0.0930. The molecule has 146 valence electrons. The lowest BCUT2D eigenvalue weighted by Gasteiger charge is -2.18. The third-order valence-electron chi connectivity index (χ3n) is 5.35. The molecule has 1 atom stereocenters. The maximum Gasteiger partial charge on any atom is 0.253 e. The van der Waals surface area contributed by atoms with E-state index in [0.29, 0.717) is 16.5 Å². The van der Waals surface area contributed by atoms with Crippen molar-refractivity contribution in [3.8, 4) is 16.9 Å². The molecule has 0 fully saturated rings. The number of carbonyl (C=O) groups excluding carboxylic acids is 1. The van der Waals surface area contributed by atoms with Gasteiger partial charge in [0.15, 0.2) is 0 Å². The molecule has 0 aliphatic heterocycles. The van der Waals surface area contributed by atoms with Crippen LogP contribution < -0.4 is 5.32 Å². The average Bonchev–Trinajstić information content (AvgIpc) is 3.00. The fraction of sp³-hybridized carbons (Fsp3) is 0.292. The molecule has 0 aliphatic carbocycles. The van der Waals surface area contributed by atoms with E-state index >= 15 is 0 Å². The van der Waals surface area contributed by atoms with Crippen LogP contribution in [0.15, 0.2) is 54.6 Å². The normalized spacial score (nSPS) is 12.2. The van der Waals surface area contributed by atoms with E-state index in [4.69, 9.17) is 11.6 Å². The summed E-state index contributed by atoms with van der Waals surface area (Å²) in [6.45, 7) is 10.3. The van der Waals surface area contributed by atoms with Gasteiger partial charge in [0.25, 0.3) is 5.91 Å². The van der Waals surface area contributed by atoms with Crippen molar-refractivity contribution in [2.24, 2.45) is 5.92 Å². The minimum absolute atomic E-state index is 0.0405. The van der Waals surface area contributed by atoms with Crippen LogP contribution in [0.4, 0.5) is 0 Å². The fourth-order valence-corrected chi connectivity index (χ4v) is 3.37. The molecule has 0 radical (unpaired) electrons. The third-order valence-corrected chi connectivity index (χ3v) is 5.60. The number of nitrogens with one attached hydrogen (secondary N) is 1. The molecule has 2 aromatic carbocycles. The molecule has 0 aliphatic rings. The average molecular weight is 395 g/mol. The first-order valence-electron chi connectivity index (χ1n) is 9.64. The van der Waals surface area contributed by atoms with Gasteiger partial charge in [0.1, 0.15) is 0 Å². The Balaban J connectivity index is 2.16. The first-order valence-corrected chi connectivity index (χ1v) is 10.0. The van der Waals surface area contributed by atoms with Crippen LogP contribution in [0, 0.1) is 19.8 Å². The molecule has 0 spiro atoms. The zero-order valence-corrected chi connectivity index (χ0v) is 17.8. The minimum Gasteiger partial charge on any atom is -0.349 e. The van der Waals surface area contributed by atoms with Gasteiger partial charge in [-0.1, -0.05) is 55.8 Å². The number of benzene rings is 2. The number of carbonyl (C=O) groups is 1. The second kappa shape index (κ2) is 8.24. The van der Waals surface area contributed by atoms with E-state index in [1.54, 1.807) is 0 Å². The van der Waals surface area contributed by atoms with Crippen molar-refractivity contribution >= 4 is 17.5 Å². The minimum atomic E-state index is -0.0405.